The first-order valence-corrected chi connectivity index (χ1v) is 9.10. The highest BCUT2D eigenvalue weighted by Gasteiger charge is 2.30. The molecule has 0 fully saturated rings. The predicted octanol–water partition coefficient (Wildman–Crippen LogP) is 6.09. The third-order valence-corrected chi connectivity index (χ3v) is 4.49. The summed E-state index contributed by atoms with van der Waals surface area (Å²) < 4.78 is 38.7. The average molecular weight is 400 g/mol. The number of benzene rings is 3. The van der Waals surface area contributed by atoms with Crippen LogP contribution < -0.4 is 10.6 Å². The number of aryl methyl sites for hydroxylation is 1. The predicted molar refractivity (Wildman–Crippen MR) is 110 cm³/mol. The van der Waals surface area contributed by atoms with Crippen molar-refractivity contribution in [3.63, 3.8) is 0 Å². The van der Waals surface area contributed by atoms with Gasteiger partial charge in [0.05, 0.1) is 11.6 Å². The molecule has 0 aliphatic carbocycles. The maximum absolute atomic E-state index is 12.9. The van der Waals surface area contributed by atoms with Gasteiger partial charge in [0.15, 0.2) is 5.11 Å². The molecule has 0 radical (unpaired) electrons. The van der Waals surface area contributed by atoms with Gasteiger partial charge in [-0.05, 0) is 48.5 Å². The minimum absolute atomic E-state index is 0.229. The maximum Gasteiger partial charge on any atom is 0.416 e. The Hall–Kier alpha value is -2.86. The smallest absolute Gasteiger partial charge is 0.352 e. The fraction of sp³-hybridized carbons (Fsp3) is 0.136. The second kappa shape index (κ2) is 8.44. The third kappa shape index (κ3) is 5.10. The maximum atomic E-state index is 12.9. The van der Waals surface area contributed by atoms with E-state index < -0.39 is 11.7 Å². The van der Waals surface area contributed by atoms with E-state index in [2.05, 4.69) is 10.6 Å². The van der Waals surface area contributed by atoms with Gasteiger partial charge in [-0.1, -0.05) is 66.2 Å². The fourth-order valence-electron chi connectivity index (χ4n) is 2.84. The molecule has 28 heavy (non-hydrogen) atoms. The van der Waals surface area contributed by atoms with Crippen molar-refractivity contribution in [3.05, 3.63) is 101 Å². The Labute approximate surface area is 167 Å². The lowest BCUT2D eigenvalue weighted by Crippen LogP contribution is -2.33. The summed E-state index contributed by atoms with van der Waals surface area (Å²) in [5.74, 6) is 0. The monoisotopic (exact) mass is 400 g/mol. The van der Waals surface area contributed by atoms with Crippen molar-refractivity contribution in [2.24, 2.45) is 0 Å². The first-order valence-electron chi connectivity index (χ1n) is 8.69. The molecule has 0 aliphatic rings. The summed E-state index contributed by atoms with van der Waals surface area (Å²) in [5.41, 5.74) is 2.70. The van der Waals surface area contributed by atoms with Gasteiger partial charge in [-0.15, -0.1) is 0 Å². The van der Waals surface area contributed by atoms with Crippen molar-refractivity contribution in [1.82, 2.24) is 5.32 Å². The van der Waals surface area contributed by atoms with Crippen molar-refractivity contribution in [1.29, 1.82) is 0 Å². The van der Waals surface area contributed by atoms with E-state index in [9.17, 15) is 13.2 Å². The number of hydrogen-bond acceptors (Lipinski definition) is 1. The van der Waals surface area contributed by atoms with E-state index in [1.165, 1.54) is 6.07 Å². The molecule has 3 aromatic carbocycles. The van der Waals surface area contributed by atoms with Gasteiger partial charge in [-0.3, -0.25) is 0 Å². The molecule has 0 amide bonds. The molecule has 2 N–H and O–H groups in total. The summed E-state index contributed by atoms with van der Waals surface area (Å²) >= 11 is 5.37. The van der Waals surface area contributed by atoms with E-state index in [0.29, 0.717) is 0 Å². The summed E-state index contributed by atoms with van der Waals surface area (Å²) in [6.07, 6.45) is -4.40. The minimum atomic E-state index is -4.40. The summed E-state index contributed by atoms with van der Waals surface area (Å²) in [4.78, 5) is 0. The van der Waals surface area contributed by atoms with Gasteiger partial charge >= 0.3 is 6.18 Å². The second-order valence-corrected chi connectivity index (χ2v) is 6.84. The quantitative estimate of drug-likeness (QED) is 0.518. The van der Waals surface area contributed by atoms with Gasteiger partial charge < -0.3 is 10.6 Å². The zero-order valence-corrected chi connectivity index (χ0v) is 15.9. The molecule has 144 valence electrons. The van der Waals surface area contributed by atoms with E-state index in [-0.39, 0.29) is 16.8 Å². The number of rotatable bonds is 4. The van der Waals surface area contributed by atoms with E-state index in [4.69, 9.17) is 12.2 Å². The first kappa shape index (κ1) is 19.9. The molecule has 2 nitrogen and oxygen atoms in total. The Morgan fingerprint density at radius 1 is 0.857 bits per heavy atom. The van der Waals surface area contributed by atoms with Crippen LogP contribution in [0, 0.1) is 6.92 Å². The molecule has 0 aliphatic heterocycles. The lowest BCUT2D eigenvalue weighted by Gasteiger charge is -2.22. The molecule has 0 saturated heterocycles. The lowest BCUT2D eigenvalue weighted by atomic mass is 9.98. The fourth-order valence-corrected chi connectivity index (χ4v) is 3.07. The molecule has 0 saturated carbocycles. The van der Waals surface area contributed by atoms with Gasteiger partial charge in [-0.2, -0.15) is 13.2 Å². The van der Waals surface area contributed by atoms with E-state index in [1.807, 2.05) is 61.5 Å². The van der Waals surface area contributed by atoms with Crippen LogP contribution >= 0.6 is 12.2 Å². The molecule has 3 rings (SSSR count). The van der Waals surface area contributed by atoms with Crippen molar-refractivity contribution in [2.75, 3.05) is 5.32 Å². The molecule has 3 aromatic rings. The SMILES string of the molecule is Cc1ccc([C@@H](NC(=S)Nc2cccc(C(F)(F)F)c2)c2ccccc2)cc1. The highest BCUT2D eigenvalue weighted by Crippen LogP contribution is 2.30. The highest BCUT2D eigenvalue weighted by atomic mass is 32.1. The van der Waals surface area contributed by atoms with Crippen LogP contribution in [0.5, 0.6) is 0 Å². The van der Waals surface area contributed by atoms with E-state index in [0.717, 1.165) is 28.8 Å². The Morgan fingerprint density at radius 3 is 2.14 bits per heavy atom. The molecule has 1 atom stereocenters. The Morgan fingerprint density at radius 2 is 1.50 bits per heavy atom. The van der Waals surface area contributed by atoms with Crippen LogP contribution in [0.2, 0.25) is 0 Å². The normalized spacial score (nSPS) is 12.3. The molecule has 6 heteroatoms. The largest absolute Gasteiger partial charge is 0.416 e. The van der Waals surface area contributed by atoms with Gasteiger partial charge in [0.2, 0.25) is 0 Å². The van der Waals surface area contributed by atoms with Gasteiger partial charge in [0.25, 0.3) is 0 Å². The van der Waals surface area contributed by atoms with Gasteiger partial charge in [0.1, 0.15) is 0 Å². The lowest BCUT2D eigenvalue weighted by molar-refractivity contribution is -0.137. The Kier molecular flexibility index (Phi) is 5.99. The third-order valence-electron chi connectivity index (χ3n) is 4.27. The average Bonchev–Trinajstić information content (AvgIpc) is 2.67. The van der Waals surface area contributed by atoms with Crippen LogP contribution in [0.3, 0.4) is 0 Å². The van der Waals surface area contributed by atoms with Crippen LogP contribution in [0.25, 0.3) is 0 Å². The van der Waals surface area contributed by atoms with Crippen LogP contribution in [-0.4, -0.2) is 5.11 Å². The molecule has 0 unspecified atom stereocenters. The van der Waals surface area contributed by atoms with E-state index >= 15 is 0 Å². The highest BCUT2D eigenvalue weighted by molar-refractivity contribution is 7.80. The van der Waals surface area contributed by atoms with Crippen molar-refractivity contribution < 1.29 is 13.2 Å². The molecule has 0 bridgehead atoms. The second-order valence-electron chi connectivity index (χ2n) is 6.43. The summed E-state index contributed by atoms with van der Waals surface area (Å²) in [7, 11) is 0. The summed E-state index contributed by atoms with van der Waals surface area (Å²) in [6, 6.07) is 22.5. The number of nitrogens with one attached hydrogen (secondary N) is 2. The summed E-state index contributed by atoms with van der Waals surface area (Å²) in [6.45, 7) is 2.01. The topological polar surface area (TPSA) is 24.1 Å². The number of hydrogen-bond donors (Lipinski definition) is 2. The number of thiocarbonyl (C=S) groups is 1. The summed E-state index contributed by atoms with van der Waals surface area (Å²) in [5, 5.41) is 6.32. The number of halogens is 3. The van der Waals surface area contributed by atoms with Gasteiger partial charge in [-0.25, -0.2) is 0 Å². The Bertz CT molecular complexity index is 938. The standard InChI is InChI=1S/C22H19F3N2S/c1-15-10-12-17(13-11-15)20(16-6-3-2-4-7-16)27-21(28)26-19-9-5-8-18(14-19)22(23,24)25/h2-14,20H,1H3,(H2,26,27,28)/t20-/m0/s1. The minimum Gasteiger partial charge on any atom is -0.352 e. The number of alkyl halides is 3. The van der Waals surface area contributed by atoms with E-state index in [1.54, 1.807) is 6.07 Å². The van der Waals surface area contributed by atoms with Crippen LogP contribution in [0.4, 0.5) is 18.9 Å². The molecular weight excluding hydrogens is 381 g/mol. The van der Waals surface area contributed by atoms with Crippen molar-refractivity contribution >= 4 is 23.0 Å². The number of anilines is 1. The van der Waals surface area contributed by atoms with Crippen molar-refractivity contribution in [2.45, 2.75) is 19.1 Å². The van der Waals surface area contributed by atoms with Crippen molar-refractivity contribution in [3.8, 4) is 0 Å². The Balaban J connectivity index is 1.81. The van der Waals surface area contributed by atoms with Crippen LogP contribution in [0.1, 0.15) is 28.3 Å². The molecular formula is C22H19F3N2S. The first-order chi connectivity index (χ1) is 13.3. The zero-order chi connectivity index (χ0) is 20.1. The zero-order valence-electron chi connectivity index (χ0n) is 15.1. The van der Waals surface area contributed by atoms with Crippen LogP contribution in [0.15, 0.2) is 78.9 Å². The van der Waals surface area contributed by atoms with Gasteiger partial charge in [0, 0.05) is 5.69 Å². The van der Waals surface area contributed by atoms with Crippen LogP contribution in [-0.2, 0) is 6.18 Å². The molecule has 0 heterocycles. The molecule has 0 spiro atoms. The molecule has 0 aromatic heterocycles.